The SMILES string of the molecule is CCC(C)c1ccc(C2CCCCN2Cc2ccccc2C(F)(F)F)c(-c2ccc(C(F)(F)F)cc2)c1. The summed E-state index contributed by atoms with van der Waals surface area (Å²) in [4.78, 5) is 2.08. The third-order valence-corrected chi connectivity index (χ3v) is 7.45. The molecule has 0 aliphatic carbocycles. The van der Waals surface area contributed by atoms with Gasteiger partial charge in [0.15, 0.2) is 0 Å². The summed E-state index contributed by atoms with van der Waals surface area (Å²) in [7, 11) is 0. The Bertz CT molecular complexity index is 1200. The van der Waals surface area contributed by atoms with E-state index in [0.717, 1.165) is 60.6 Å². The average molecular weight is 520 g/mol. The van der Waals surface area contributed by atoms with Gasteiger partial charge < -0.3 is 0 Å². The first-order valence-corrected chi connectivity index (χ1v) is 12.7. The Balaban J connectivity index is 1.76. The van der Waals surface area contributed by atoms with E-state index in [1.807, 2.05) is 18.2 Å². The van der Waals surface area contributed by atoms with Crippen molar-refractivity contribution in [2.45, 2.75) is 70.4 Å². The number of hydrogen-bond acceptors (Lipinski definition) is 1. The van der Waals surface area contributed by atoms with Crippen molar-refractivity contribution < 1.29 is 26.3 Å². The highest BCUT2D eigenvalue weighted by molar-refractivity contribution is 5.69. The van der Waals surface area contributed by atoms with E-state index in [1.54, 1.807) is 6.07 Å². The van der Waals surface area contributed by atoms with Crippen molar-refractivity contribution in [1.29, 1.82) is 0 Å². The van der Waals surface area contributed by atoms with Crippen molar-refractivity contribution in [3.8, 4) is 11.1 Å². The summed E-state index contributed by atoms with van der Waals surface area (Å²) in [6.07, 6.45) is -5.37. The smallest absolute Gasteiger partial charge is 0.292 e. The van der Waals surface area contributed by atoms with Gasteiger partial charge in [0, 0.05) is 12.6 Å². The monoisotopic (exact) mass is 519 g/mol. The van der Waals surface area contributed by atoms with Gasteiger partial charge in [-0.2, -0.15) is 26.3 Å². The summed E-state index contributed by atoms with van der Waals surface area (Å²) in [5.74, 6) is 0.267. The molecule has 7 heteroatoms. The molecule has 0 bridgehead atoms. The lowest BCUT2D eigenvalue weighted by Gasteiger charge is -2.38. The van der Waals surface area contributed by atoms with Crippen molar-refractivity contribution in [3.05, 3.63) is 94.5 Å². The largest absolute Gasteiger partial charge is 0.416 e. The molecule has 1 heterocycles. The highest BCUT2D eigenvalue weighted by Crippen LogP contribution is 2.41. The lowest BCUT2D eigenvalue weighted by atomic mass is 9.85. The van der Waals surface area contributed by atoms with Gasteiger partial charge in [-0.1, -0.05) is 68.8 Å². The van der Waals surface area contributed by atoms with E-state index < -0.39 is 23.5 Å². The zero-order chi connectivity index (χ0) is 26.8. The molecule has 0 amide bonds. The molecule has 3 aromatic carbocycles. The molecule has 1 fully saturated rings. The van der Waals surface area contributed by atoms with Crippen molar-refractivity contribution in [1.82, 2.24) is 4.90 Å². The normalized spacial score (nSPS) is 18.1. The van der Waals surface area contributed by atoms with Crippen LogP contribution in [0.5, 0.6) is 0 Å². The molecule has 2 atom stereocenters. The average Bonchev–Trinajstić information content (AvgIpc) is 2.87. The number of piperidine rings is 1. The zero-order valence-corrected chi connectivity index (χ0v) is 21.0. The molecule has 0 spiro atoms. The summed E-state index contributed by atoms with van der Waals surface area (Å²) < 4.78 is 80.6. The molecule has 0 aromatic heterocycles. The zero-order valence-electron chi connectivity index (χ0n) is 21.0. The molecule has 3 aromatic rings. The maximum absolute atomic E-state index is 13.7. The Kier molecular flexibility index (Phi) is 8.02. The molecule has 2 unspecified atom stereocenters. The molecule has 0 saturated carbocycles. The second-order valence-electron chi connectivity index (χ2n) is 9.87. The van der Waals surface area contributed by atoms with Crippen LogP contribution in [0, 0.1) is 0 Å². The molecule has 0 radical (unpaired) electrons. The van der Waals surface area contributed by atoms with Gasteiger partial charge in [-0.05, 0) is 77.7 Å². The first-order chi connectivity index (χ1) is 17.5. The summed E-state index contributed by atoms with van der Waals surface area (Å²) in [5.41, 5.74) is 2.44. The summed E-state index contributed by atoms with van der Waals surface area (Å²) in [5, 5.41) is 0. The second kappa shape index (κ2) is 10.9. The van der Waals surface area contributed by atoms with Crippen molar-refractivity contribution in [2.24, 2.45) is 0 Å². The van der Waals surface area contributed by atoms with Gasteiger partial charge in [-0.25, -0.2) is 0 Å². The Labute approximate surface area is 214 Å². The molecule has 198 valence electrons. The molecule has 1 aliphatic rings. The molecule has 0 N–H and O–H groups in total. The van der Waals surface area contributed by atoms with Crippen LogP contribution in [0.4, 0.5) is 26.3 Å². The topological polar surface area (TPSA) is 3.24 Å². The second-order valence-corrected chi connectivity index (χ2v) is 9.87. The minimum Gasteiger partial charge on any atom is -0.292 e. The van der Waals surface area contributed by atoms with E-state index in [2.05, 4.69) is 18.7 Å². The van der Waals surface area contributed by atoms with Gasteiger partial charge in [0.05, 0.1) is 11.1 Å². The Morgan fingerprint density at radius 3 is 2.22 bits per heavy atom. The van der Waals surface area contributed by atoms with Gasteiger partial charge in [0.25, 0.3) is 0 Å². The van der Waals surface area contributed by atoms with E-state index in [1.165, 1.54) is 24.3 Å². The minimum absolute atomic E-state index is 0.140. The molecular weight excluding hydrogens is 488 g/mol. The highest BCUT2D eigenvalue weighted by atomic mass is 19.4. The predicted molar refractivity (Wildman–Crippen MR) is 134 cm³/mol. The van der Waals surface area contributed by atoms with Crippen LogP contribution in [0.25, 0.3) is 11.1 Å². The number of rotatable bonds is 6. The van der Waals surface area contributed by atoms with Gasteiger partial charge in [-0.3, -0.25) is 4.90 Å². The number of halogens is 6. The van der Waals surface area contributed by atoms with Crippen LogP contribution in [0.15, 0.2) is 66.7 Å². The third-order valence-electron chi connectivity index (χ3n) is 7.45. The van der Waals surface area contributed by atoms with Crippen molar-refractivity contribution in [3.63, 3.8) is 0 Å². The fraction of sp³-hybridized carbons (Fsp3) is 0.400. The van der Waals surface area contributed by atoms with Gasteiger partial charge >= 0.3 is 12.4 Å². The Morgan fingerprint density at radius 1 is 0.865 bits per heavy atom. The maximum Gasteiger partial charge on any atom is 0.416 e. The van der Waals surface area contributed by atoms with Crippen LogP contribution >= 0.6 is 0 Å². The van der Waals surface area contributed by atoms with Crippen molar-refractivity contribution >= 4 is 0 Å². The maximum atomic E-state index is 13.7. The Morgan fingerprint density at radius 2 is 1.57 bits per heavy atom. The number of benzene rings is 3. The quantitative estimate of drug-likeness (QED) is 0.293. The highest BCUT2D eigenvalue weighted by Gasteiger charge is 2.35. The predicted octanol–water partition coefficient (Wildman–Crippen LogP) is 9.63. The van der Waals surface area contributed by atoms with Crippen LogP contribution in [-0.4, -0.2) is 11.4 Å². The molecule has 37 heavy (non-hydrogen) atoms. The van der Waals surface area contributed by atoms with Crippen LogP contribution in [0.1, 0.15) is 79.3 Å². The number of alkyl halides is 6. The Hall–Kier alpha value is -2.80. The van der Waals surface area contributed by atoms with E-state index in [0.29, 0.717) is 12.1 Å². The number of nitrogens with zero attached hydrogens (tertiary/aromatic N) is 1. The van der Waals surface area contributed by atoms with E-state index in [9.17, 15) is 26.3 Å². The van der Waals surface area contributed by atoms with E-state index in [4.69, 9.17) is 0 Å². The number of hydrogen-bond donors (Lipinski definition) is 0. The van der Waals surface area contributed by atoms with Crippen LogP contribution in [0.2, 0.25) is 0 Å². The molecule has 1 nitrogen and oxygen atoms in total. The van der Waals surface area contributed by atoms with Crippen LogP contribution in [-0.2, 0) is 18.9 Å². The van der Waals surface area contributed by atoms with Gasteiger partial charge in [0.2, 0.25) is 0 Å². The van der Waals surface area contributed by atoms with Crippen molar-refractivity contribution in [2.75, 3.05) is 6.54 Å². The fourth-order valence-corrected chi connectivity index (χ4v) is 5.18. The molecule has 1 aliphatic heterocycles. The van der Waals surface area contributed by atoms with Crippen LogP contribution < -0.4 is 0 Å². The minimum atomic E-state index is -4.44. The first kappa shape index (κ1) is 27.2. The summed E-state index contributed by atoms with van der Waals surface area (Å²) in [6, 6.07) is 16.8. The summed E-state index contributed by atoms with van der Waals surface area (Å²) in [6.45, 7) is 4.99. The lowest BCUT2D eigenvalue weighted by molar-refractivity contribution is -0.139. The van der Waals surface area contributed by atoms with E-state index >= 15 is 0 Å². The lowest BCUT2D eigenvalue weighted by Crippen LogP contribution is -2.34. The van der Waals surface area contributed by atoms with Crippen LogP contribution in [0.3, 0.4) is 0 Å². The molecular formula is C30H31F6N. The number of likely N-dealkylation sites (tertiary alicyclic amines) is 1. The fourth-order valence-electron chi connectivity index (χ4n) is 5.18. The van der Waals surface area contributed by atoms with E-state index in [-0.39, 0.29) is 24.1 Å². The summed E-state index contributed by atoms with van der Waals surface area (Å²) >= 11 is 0. The molecule has 1 saturated heterocycles. The van der Waals surface area contributed by atoms with Gasteiger partial charge in [-0.15, -0.1) is 0 Å². The first-order valence-electron chi connectivity index (χ1n) is 12.7. The standard InChI is InChI=1S/C30H31F6N/c1-3-20(2)22-13-16-25(26(18-22)21-11-14-24(15-12-21)29(31,32)33)28-10-6-7-17-37(28)19-23-8-4-5-9-27(23)30(34,35)36/h4-5,8-9,11-16,18,20,28H,3,6-7,10,17,19H2,1-2H3. The van der Waals surface area contributed by atoms with Gasteiger partial charge in [0.1, 0.15) is 0 Å². The third kappa shape index (κ3) is 6.20. The molecule has 4 rings (SSSR count).